The number of hydrogen-bond donors (Lipinski definition) is 2. The van der Waals surface area contributed by atoms with Crippen LogP contribution in [0.3, 0.4) is 0 Å². The van der Waals surface area contributed by atoms with Gasteiger partial charge in [0.05, 0.1) is 0 Å². The summed E-state index contributed by atoms with van der Waals surface area (Å²) < 4.78 is 5.47. The molecule has 108 valence electrons. The van der Waals surface area contributed by atoms with Gasteiger partial charge in [0, 0.05) is 19.2 Å². The predicted molar refractivity (Wildman–Crippen MR) is 75.8 cm³/mol. The number of carbonyl (C=O) groups excluding carboxylic acids is 1. The van der Waals surface area contributed by atoms with Gasteiger partial charge in [-0.15, -0.1) is 12.4 Å². The Hall–Kier alpha value is -0.320. The third-order valence-corrected chi connectivity index (χ3v) is 3.17. The van der Waals surface area contributed by atoms with Crippen molar-refractivity contribution in [2.24, 2.45) is 17.6 Å². The molecule has 1 fully saturated rings. The zero-order valence-corrected chi connectivity index (χ0v) is 12.5. The van der Waals surface area contributed by atoms with Crippen molar-refractivity contribution in [3.8, 4) is 0 Å². The average Bonchev–Trinajstić information content (AvgIpc) is 3.08. The molecular formula is C13H27ClN2O2. The van der Waals surface area contributed by atoms with E-state index >= 15 is 0 Å². The van der Waals surface area contributed by atoms with Crippen molar-refractivity contribution in [3.05, 3.63) is 0 Å². The van der Waals surface area contributed by atoms with E-state index in [9.17, 15) is 4.79 Å². The second-order valence-electron chi connectivity index (χ2n) is 5.44. The number of nitrogens with one attached hydrogen (secondary N) is 1. The third kappa shape index (κ3) is 7.19. The SMILES string of the molecule is CC(C)CCOC(C)C(=O)NCC(N)C1CC1.Cl. The molecule has 0 spiro atoms. The topological polar surface area (TPSA) is 64.3 Å². The summed E-state index contributed by atoms with van der Waals surface area (Å²) in [5, 5.41) is 2.85. The summed E-state index contributed by atoms with van der Waals surface area (Å²) in [4.78, 5) is 11.7. The molecule has 2 unspecified atom stereocenters. The van der Waals surface area contributed by atoms with Crippen LogP contribution in [0.1, 0.15) is 40.0 Å². The van der Waals surface area contributed by atoms with E-state index in [-0.39, 0.29) is 30.5 Å². The first-order chi connectivity index (χ1) is 8.00. The minimum atomic E-state index is -0.375. The van der Waals surface area contributed by atoms with Crippen LogP contribution in [0, 0.1) is 11.8 Å². The average molecular weight is 279 g/mol. The van der Waals surface area contributed by atoms with Crippen LogP contribution < -0.4 is 11.1 Å². The monoisotopic (exact) mass is 278 g/mol. The lowest BCUT2D eigenvalue weighted by molar-refractivity contribution is -0.132. The molecule has 3 N–H and O–H groups in total. The van der Waals surface area contributed by atoms with Crippen LogP contribution in [0.2, 0.25) is 0 Å². The molecule has 0 radical (unpaired) electrons. The molecule has 0 aromatic heterocycles. The fraction of sp³-hybridized carbons (Fsp3) is 0.923. The van der Waals surface area contributed by atoms with Gasteiger partial charge in [-0.05, 0) is 38.0 Å². The standard InChI is InChI=1S/C13H26N2O2.ClH/c1-9(2)6-7-17-10(3)13(16)15-8-12(14)11-4-5-11;/h9-12H,4-8,14H2,1-3H3,(H,15,16);1H. The summed E-state index contributed by atoms with van der Waals surface area (Å²) in [5.74, 6) is 1.17. The minimum absolute atomic E-state index is 0. The van der Waals surface area contributed by atoms with Crippen molar-refractivity contribution in [2.45, 2.75) is 52.2 Å². The van der Waals surface area contributed by atoms with Crippen molar-refractivity contribution < 1.29 is 9.53 Å². The molecular weight excluding hydrogens is 252 g/mol. The van der Waals surface area contributed by atoms with Gasteiger partial charge in [0.2, 0.25) is 5.91 Å². The van der Waals surface area contributed by atoms with Crippen LogP contribution in [0.15, 0.2) is 0 Å². The third-order valence-electron chi connectivity index (χ3n) is 3.17. The largest absolute Gasteiger partial charge is 0.369 e. The smallest absolute Gasteiger partial charge is 0.248 e. The number of halogens is 1. The van der Waals surface area contributed by atoms with Crippen LogP contribution in [-0.4, -0.2) is 31.2 Å². The molecule has 0 aliphatic heterocycles. The molecule has 0 aromatic carbocycles. The molecule has 1 saturated carbocycles. The zero-order valence-electron chi connectivity index (χ0n) is 11.6. The zero-order chi connectivity index (χ0) is 12.8. The number of ether oxygens (including phenoxy) is 1. The first-order valence-corrected chi connectivity index (χ1v) is 6.65. The maximum absolute atomic E-state index is 11.7. The molecule has 0 heterocycles. The van der Waals surface area contributed by atoms with E-state index in [0.717, 1.165) is 6.42 Å². The predicted octanol–water partition coefficient (Wildman–Crippen LogP) is 1.71. The molecule has 18 heavy (non-hydrogen) atoms. The summed E-state index contributed by atoms with van der Waals surface area (Å²) >= 11 is 0. The lowest BCUT2D eigenvalue weighted by Crippen LogP contribution is -2.42. The maximum Gasteiger partial charge on any atom is 0.248 e. The highest BCUT2D eigenvalue weighted by molar-refractivity contribution is 5.85. The molecule has 1 aliphatic carbocycles. The summed E-state index contributed by atoms with van der Waals surface area (Å²) in [5.41, 5.74) is 5.91. The molecule has 0 bridgehead atoms. The van der Waals surface area contributed by atoms with E-state index in [1.165, 1.54) is 12.8 Å². The van der Waals surface area contributed by atoms with E-state index in [1.807, 2.05) is 0 Å². The van der Waals surface area contributed by atoms with Crippen molar-refractivity contribution >= 4 is 18.3 Å². The number of carbonyl (C=O) groups is 1. The number of nitrogens with two attached hydrogens (primary N) is 1. The quantitative estimate of drug-likeness (QED) is 0.710. The van der Waals surface area contributed by atoms with Gasteiger partial charge in [0.15, 0.2) is 0 Å². The fourth-order valence-electron chi connectivity index (χ4n) is 1.61. The van der Waals surface area contributed by atoms with Gasteiger partial charge in [-0.25, -0.2) is 0 Å². The molecule has 1 aliphatic rings. The molecule has 1 rings (SSSR count). The van der Waals surface area contributed by atoms with Crippen molar-refractivity contribution in [2.75, 3.05) is 13.2 Å². The number of hydrogen-bond acceptors (Lipinski definition) is 3. The van der Waals surface area contributed by atoms with Gasteiger partial charge >= 0.3 is 0 Å². The normalized spacial score (nSPS) is 18.1. The molecule has 1 amide bonds. The lowest BCUT2D eigenvalue weighted by Gasteiger charge is -2.16. The fourth-order valence-corrected chi connectivity index (χ4v) is 1.61. The van der Waals surface area contributed by atoms with Crippen LogP contribution in [0.4, 0.5) is 0 Å². The maximum atomic E-state index is 11.7. The van der Waals surface area contributed by atoms with Crippen LogP contribution in [-0.2, 0) is 9.53 Å². The Morgan fingerprint density at radius 3 is 2.50 bits per heavy atom. The molecule has 4 nitrogen and oxygen atoms in total. The Labute approximate surface area is 116 Å². The van der Waals surface area contributed by atoms with Crippen molar-refractivity contribution in [1.29, 1.82) is 0 Å². The first kappa shape index (κ1) is 17.7. The van der Waals surface area contributed by atoms with Gasteiger partial charge in [-0.1, -0.05) is 13.8 Å². The van der Waals surface area contributed by atoms with E-state index in [1.54, 1.807) is 6.92 Å². The van der Waals surface area contributed by atoms with Crippen molar-refractivity contribution in [1.82, 2.24) is 5.32 Å². The highest BCUT2D eigenvalue weighted by atomic mass is 35.5. The molecule has 0 aromatic rings. The first-order valence-electron chi connectivity index (χ1n) is 6.65. The van der Waals surface area contributed by atoms with E-state index < -0.39 is 0 Å². The van der Waals surface area contributed by atoms with Crippen molar-refractivity contribution in [3.63, 3.8) is 0 Å². The molecule has 2 atom stereocenters. The highest BCUT2D eigenvalue weighted by Crippen LogP contribution is 2.31. The highest BCUT2D eigenvalue weighted by Gasteiger charge is 2.28. The van der Waals surface area contributed by atoms with Crippen LogP contribution >= 0.6 is 12.4 Å². The van der Waals surface area contributed by atoms with Gasteiger partial charge in [-0.2, -0.15) is 0 Å². The van der Waals surface area contributed by atoms with Gasteiger partial charge in [0.1, 0.15) is 6.10 Å². The summed E-state index contributed by atoms with van der Waals surface area (Å²) in [6.07, 6.45) is 3.02. The van der Waals surface area contributed by atoms with Crippen LogP contribution in [0.5, 0.6) is 0 Å². The second-order valence-corrected chi connectivity index (χ2v) is 5.44. The van der Waals surface area contributed by atoms with E-state index in [4.69, 9.17) is 10.5 Å². The van der Waals surface area contributed by atoms with Gasteiger partial charge in [-0.3, -0.25) is 4.79 Å². The minimum Gasteiger partial charge on any atom is -0.369 e. The summed E-state index contributed by atoms with van der Waals surface area (Å²) in [7, 11) is 0. The van der Waals surface area contributed by atoms with Gasteiger partial charge in [0.25, 0.3) is 0 Å². The van der Waals surface area contributed by atoms with Crippen LogP contribution in [0.25, 0.3) is 0 Å². The van der Waals surface area contributed by atoms with Gasteiger partial charge < -0.3 is 15.8 Å². The Kier molecular flexibility index (Phi) is 8.57. The van der Waals surface area contributed by atoms with E-state index in [2.05, 4.69) is 19.2 Å². The summed E-state index contributed by atoms with van der Waals surface area (Å²) in [6.45, 7) is 7.28. The Balaban J connectivity index is 0.00000289. The number of rotatable bonds is 8. The second kappa shape index (κ2) is 8.73. The Morgan fingerprint density at radius 1 is 1.39 bits per heavy atom. The Morgan fingerprint density at radius 2 is 2.00 bits per heavy atom. The lowest BCUT2D eigenvalue weighted by atomic mass is 10.1. The summed E-state index contributed by atoms with van der Waals surface area (Å²) in [6, 6.07) is 0.113. The van der Waals surface area contributed by atoms with E-state index in [0.29, 0.717) is 25.0 Å². The number of amides is 1. The Bertz CT molecular complexity index is 245. The molecule has 0 saturated heterocycles. The molecule has 5 heteroatoms.